The van der Waals surface area contributed by atoms with Gasteiger partial charge in [-0.3, -0.25) is 0 Å². The zero-order chi connectivity index (χ0) is 21.3. The Morgan fingerprint density at radius 3 is 2.50 bits per heavy atom. The van der Waals surface area contributed by atoms with E-state index < -0.39 is 12.5 Å². The van der Waals surface area contributed by atoms with Crippen molar-refractivity contribution in [1.29, 1.82) is 0 Å². The van der Waals surface area contributed by atoms with Gasteiger partial charge >= 0.3 is 0 Å². The Labute approximate surface area is 175 Å². The summed E-state index contributed by atoms with van der Waals surface area (Å²) in [6.45, 7) is 9.55. The van der Waals surface area contributed by atoms with Crippen molar-refractivity contribution in [2.75, 3.05) is 36.0 Å². The number of anilines is 2. The molecule has 0 N–H and O–H groups in total. The summed E-state index contributed by atoms with van der Waals surface area (Å²) in [5, 5.41) is 0. The first-order valence-corrected chi connectivity index (χ1v) is 10.3. The molecule has 4 heterocycles. The summed E-state index contributed by atoms with van der Waals surface area (Å²) in [5.74, 6) is -0.890. The lowest BCUT2D eigenvalue weighted by molar-refractivity contribution is -0.0242. The van der Waals surface area contributed by atoms with Gasteiger partial charge in [0.1, 0.15) is 0 Å². The highest BCUT2D eigenvalue weighted by Gasteiger charge is 2.29. The molecular formula is C22H27F2N5O. The van der Waals surface area contributed by atoms with Crippen molar-refractivity contribution in [3.63, 3.8) is 0 Å². The number of alkyl halides is 2. The third-order valence-electron chi connectivity index (χ3n) is 5.56. The Morgan fingerprint density at radius 1 is 1.17 bits per heavy atom. The van der Waals surface area contributed by atoms with Crippen molar-refractivity contribution < 1.29 is 13.5 Å². The van der Waals surface area contributed by atoms with Gasteiger partial charge in [0.05, 0.1) is 18.1 Å². The lowest BCUT2D eigenvalue weighted by Gasteiger charge is -2.37. The van der Waals surface area contributed by atoms with E-state index in [9.17, 15) is 8.78 Å². The molecule has 2 saturated heterocycles. The summed E-state index contributed by atoms with van der Waals surface area (Å²) in [6, 6.07) is 3.51. The number of pyridine rings is 1. The van der Waals surface area contributed by atoms with E-state index in [0.717, 1.165) is 62.3 Å². The first-order chi connectivity index (χ1) is 14.3. The highest BCUT2D eigenvalue weighted by Crippen LogP contribution is 2.34. The molecule has 0 saturated carbocycles. The molecule has 6 nitrogen and oxygen atoms in total. The molecule has 0 amide bonds. The van der Waals surface area contributed by atoms with Crippen LogP contribution in [0.1, 0.15) is 25.8 Å². The fraction of sp³-hybridized carbons (Fsp3) is 0.500. The summed E-state index contributed by atoms with van der Waals surface area (Å²) in [5.41, 5.74) is 3.02. The van der Waals surface area contributed by atoms with Crippen molar-refractivity contribution in [1.82, 2.24) is 15.0 Å². The number of nitrogens with zero attached hydrogens (tertiary/aromatic N) is 5. The summed E-state index contributed by atoms with van der Waals surface area (Å²) < 4.78 is 30.8. The zero-order valence-electron chi connectivity index (χ0n) is 17.4. The standard InChI is InChI=1S/C22H27F2N5O/c1-15-12-28(13-15)21-26-10-19(11-27-21)29-7-6-18(16(29)2)8-17-4-5-20(25-9-17)30-14-22(3,23)24/h4-5,9-11,15,18H,2,6-8,12-14H2,1,3H3. The maximum atomic E-state index is 12.9. The minimum atomic E-state index is -2.87. The fourth-order valence-corrected chi connectivity index (χ4v) is 3.91. The van der Waals surface area contributed by atoms with Crippen molar-refractivity contribution in [2.45, 2.75) is 32.6 Å². The minimum absolute atomic E-state index is 0.209. The minimum Gasteiger partial charge on any atom is -0.471 e. The van der Waals surface area contributed by atoms with Crippen LogP contribution in [0.25, 0.3) is 0 Å². The van der Waals surface area contributed by atoms with Crippen LogP contribution in [0.3, 0.4) is 0 Å². The van der Waals surface area contributed by atoms with Gasteiger partial charge in [-0.25, -0.2) is 23.7 Å². The van der Waals surface area contributed by atoms with Gasteiger partial charge in [-0.2, -0.15) is 0 Å². The van der Waals surface area contributed by atoms with Crippen LogP contribution in [0, 0.1) is 11.8 Å². The SMILES string of the molecule is C=C1C(Cc2ccc(OCC(C)(F)F)nc2)CCN1c1cnc(N2CC(C)C2)nc1. The molecule has 8 heteroatoms. The van der Waals surface area contributed by atoms with Crippen molar-refractivity contribution in [3.8, 4) is 5.88 Å². The van der Waals surface area contributed by atoms with E-state index >= 15 is 0 Å². The van der Waals surface area contributed by atoms with Crippen LogP contribution in [-0.2, 0) is 6.42 Å². The molecule has 30 heavy (non-hydrogen) atoms. The summed E-state index contributed by atoms with van der Waals surface area (Å²) >= 11 is 0. The smallest absolute Gasteiger partial charge is 0.278 e. The molecule has 0 radical (unpaired) electrons. The van der Waals surface area contributed by atoms with Gasteiger partial charge in [-0.1, -0.05) is 19.6 Å². The number of rotatable bonds is 7. The average Bonchev–Trinajstić information content (AvgIpc) is 3.05. The highest BCUT2D eigenvalue weighted by atomic mass is 19.3. The second-order valence-corrected chi connectivity index (χ2v) is 8.45. The third-order valence-corrected chi connectivity index (χ3v) is 5.56. The van der Waals surface area contributed by atoms with E-state index in [1.165, 1.54) is 0 Å². The van der Waals surface area contributed by atoms with E-state index in [0.29, 0.717) is 5.92 Å². The average molecular weight is 415 g/mol. The lowest BCUT2D eigenvalue weighted by atomic mass is 9.97. The zero-order valence-corrected chi connectivity index (χ0v) is 17.4. The third kappa shape index (κ3) is 4.68. The Morgan fingerprint density at radius 2 is 1.90 bits per heavy atom. The molecule has 0 aromatic carbocycles. The molecule has 2 aliphatic heterocycles. The van der Waals surface area contributed by atoms with Gasteiger partial charge in [0.25, 0.3) is 5.92 Å². The fourth-order valence-electron chi connectivity index (χ4n) is 3.91. The van der Waals surface area contributed by atoms with E-state index in [4.69, 9.17) is 4.74 Å². The number of halogens is 2. The van der Waals surface area contributed by atoms with Crippen LogP contribution in [0.4, 0.5) is 20.4 Å². The first kappa shape index (κ1) is 20.5. The quantitative estimate of drug-likeness (QED) is 0.683. The van der Waals surface area contributed by atoms with Crippen LogP contribution in [0.5, 0.6) is 5.88 Å². The van der Waals surface area contributed by atoms with Gasteiger partial charge < -0.3 is 14.5 Å². The van der Waals surface area contributed by atoms with Gasteiger partial charge in [-0.05, 0) is 24.3 Å². The molecule has 1 atom stereocenters. The molecular weight excluding hydrogens is 388 g/mol. The molecule has 2 aliphatic rings. The molecule has 0 aliphatic carbocycles. The number of ether oxygens (including phenoxy) is 1. The Balaban J connectivity index is 1.33. The Bertz CT molecular complexity index is 876. The Kier molecular flexibility index (Phi) is 5.58. The molecule has 2 aromatic rings. The predicted molar refractivity (Wildman–Crippen MR) is 112 cm³/mol. The maximum absolute atomic E-state index is 12.9. The van der Waals surface area contributed by atoms with Crippen LogP contribution in [-0.4, -0.2) is 47.1 Å². The maximum Gasteiger partial charge on any atom is 0.278 e. The van der Waals surface area contributed by atoms with Gasteiger partial charge in [0.2, 0.25) is 11.8 Å². The number of hydrogen-bond acceptors (Lipinski definition) is 6. The number of hydrogen-bond donors (Lipinski definition) is 0. The number of aromatic nitrogens is 3. The largest absolute Gasteiger partial charge is 0.471 e. The second-order valence-electron chi connectivity index (χ2n) is 8.45. The monoisotopic (exact) mass is 415 g/mol. The van der Waals surface area contributed by atoms with Gasteiger partial charge in [0, 0.05) is 50.4 Å². The van der Waals surface area contributed by atoms with E-state index in [-0.39, 0.29) is 11.8 Å². The van der Waals surface area contributed by atoms with Crippen LogP contribution < -0.4 is 14.5 Å². The van der Waals surface area contributed by atoms with Crippen LogP contribution in [0.2, 0.25) is 0 Å². The normalized spacial score (nSPS) is 19.9. The summed E-state index contributed by atoms with van der Waals surface area (Å²) in [7, 11) is 0. The topological polar surface area (TPSA) is 54.4 Å². The second kappa shape index (κ2) is 8.16. The molecule has 160 valence electrons. The lowest BCUT2D eigenvalue weighted by Crippen LogP contribution is -2.46. The van der Waals surface area contributed by atoms with E-state index in [1.54, 1.807) is 12.3 Å². The Hall–Kier alpha value is -2.77. The molecule has 2 fully saturated rings. The summed E-state index contributed by atoms with van der Waals surface area (Å²) in [4.78, 5) is 17.5. The highest BCUT2D eigenvalue weighted by molar-refractivity contribution is 5.53. The predicted octanol–water partition coefficient (Wildman–Crippen LogP) is 3.94. The van der Waals surface area contributed by atoms with Crippen LogP contribution in [0.15, 0.2) is 43.0 Å². The van der Waals surface area contributed by atoms with E-state index in [1.807, 2.05) is 18.5 Å². The van der Waals surface area contributed by atoms with Crippen molar-refractivity contribution >= 4 is 11.6 Å². The van der Waals surface area contributed by atoms with Crippen molar-refractivity contribution in [2.24, 2.45) is 11.8 Å². The van der Waals surface area contributed by atoms with Crippen molar-refractivity contribution in [3.05, 3.63) is 48.6 Å². The summed E-state index contributed by atoms with van der Waals surface area (Å²) in [6.07, 6.45) is 7.19. The molecule has 1 unspecified atom stereocenters. The first-order valence-electron chi connectivity index (χ1n) is 10.3. The molecule has 0 bridgehead atoms. The van der Waals surface area contributed by atoms with E-state index in [2.05, 4.69) is 38.3 Å². The van der Waals surface area contributed by atoms with Gasteiger partial charge in [0.15, 0.2) is 6.61 Å². The molecule has 2 aromatic heterocycles. The van der Waals surface area contributed by atoms with Gasteiger partial charge in [-0.15, -0.1) is 0 Å². The number of allylic oxidation sites excluding steroid dienone is 1. The molecule has 4 rings (SSSR count). The van der Waals surface area contributed by atoms with Crippen LogP contribution >= 0.6 is 0 Å². The molecule has 0 spiro atoms.